The second-order valence-corrected chi connectivity index (χ2v) is 6.19. The van der Waals surface area contributed by atoms with Gasteiger partial charge < -0.3 is 4.90 Å². The fraction of sp³-hybridized carbons (Fsp3) is 0.500. The van der Waals surface area contributed by atoms with Crippen LogP contribution in [-0.2, 0) is 0 Å². The second-order valence-electron chi connectivity index (χ2n) is 4.42. The summed E-state index contributed by atoms with van der Waals surface area (Å²) in [5.74, 6) is 1.20. The van der Waals surface area contributed by atoms with Crippen LogP contribution < -0.4 is 0 Å². The third kappa shape index (κ3) is 5.74. The zero-order valence-electron chi connectivity index (χ0n) is 11.3. The molecule has 106 valence electrons. The lowest BCUT2D eigenvalue weighted by atomic mass is 10.1. The molecule has 2 nitrogen and oxygen atoms in total. The van der Waals surface area contributed by atoms with E-state index in [0.717, 1.165) is 25.3 Å². The number of Topliss-reactive ketones (excluding diaryl/α,β-unsaturated/α-hetero) is 1. The van der Waals surface area contributed by atoms with Crippen molar-refractivity contribution in [1.82, 2.24) is 4.90 Å². The lowest BCUT2D eigenvalue weighted by Crippen LogP contribution is -2.23. The number of ketones is 1. The Kier molecular flexibility index (Phi) is 7.84. The van der Waals surface area contributed by atoms with Crippen molar-refractivity contribution in [3.63, 3.8) is 0 Å². The SMILES string of the molecule is CSCCCN(C)CCC(=O)c1cccc(Cl)c1Cl. The van der Waals surface area contributed by atoms with Gasteiger partial charge in [-0.25, -0.2) is 0 Å². The van der Waals surface area contributed by atoms with E-state index < -0.39 is 0 Å². The van der Waals surface area contributed by atoms with Crippen LogP contribution in [0.1, 0.15) is 23.2 Å². The molecule has 0 saturated carbocycles. The molecule has 19 heavy (non-hydrogen) atoms. The maximum absolute atomic E-state index is 12.1. The summed E-state index contributed by atoms with van der Waals surface area (Å²) < 4.78 is 0. The van der Waals surface area contributed by atoms with Crippen LogP contribution in [0.2, 0.25) is 10.0 Å². The van der Waals surface area contributed by atoms with Crippen LogP contribution in [0, 0.1) is 0 Å². The summed E-state index contributed by atoms with van der Waals surface area (Å²) in [4.78, 5) is 14.3. The number of rotatable bonds is 8. The molecule has 1 aromatic carbocycles. The van der Waals surface area contributed by atoms with Gasteiger partial charge >= 0.3 is 0 Å². The Bertz CT molecular complexity index is 426. The van der Waals surface area contributed by atoms with Gasteiger partial charge in [-0.2, -0.15) is 11.8 Å². The molecule has 0 bridgehead atoms. The summed E-state index contributed by atoms with van der Waals surface area (Å²) in [5, 5.41) is 0.792. The van der Waals surface area contributed by atoms with Crippen molar-refractivity contribution in [2.45, 2.75) is 12.8 Å². The molecule has 0 aliphatic rings. The van der Waals surface area contributed by atoms with Crippen molar-refractivity contribution in [1.29, 1.82) is 0 Å². The minimum Gasteiger partial charge on any atom is -0.306 e. The summed E-state index contributed by atoms with van der Waals surface area (Å²) in [5.41, 5.74) is 0.520. The van der Waals surface area contributed by atoms with E-state index in [1.54, 1.807) is 18.2 Å². The van der Waals surface area contributed by atoms with E-state index in [-0.39, 0.29) is 5.78 Å². The minimum absolute atomic E-state index is 0.0456. The third-order valence-electron chi connectivity index (χ3n) is 2.86. The zero-order valence-corrected chi connectivity index (χ0v) is 13.6. The monoisotopic (exact) mass is 319 g/mol. The third-order valence-corrected chi connectivity index (χ3v) is 4.38. The molecular weight excluding hydrogens is 301 g/mol. The molecule has 0 spiro atoms. The number of nitrogens with zero attached hydrogens (tertiary/aromatic N) is 1. The number of benzene rings is 1. The van der Waals surface area contributed by atoms with Crippen molar-refractivity contribution < 1.29 is 4.79 Å². The Hall–Kier alpha value is -0.220. The molecule has 0 aliphatic heterocycles. The highest BCUT2D eigenvalue weighted by molar-refractivity contribution is 7.98. The van der Waals surface area contributed by atoms with Gasteiger partial charge in [0.2, 0.25) is 0 Å². The Balaban J connectivity index is 2.45. The van der Waals surface area contributed by atoms with Gasteiger partial charge in [0.1, 0.15) is 0 Å². The number of thioether (sulfide) groups is 1. The zero-order chi connectivity index (χ0) is 14.3. The van der Waals surface area contributed by atoms with Crippen LogP contribution >= 0.6 is 35.0 Å². The standard InChI is InChI=1S/C14H19Cl2NOS/c1-17(8-4-10-19-2)9-7-13(18)11-5-3-6-12(15)14(11)16/h3,5-6H,4,7-10H2,1-2H3. The molecule has 1 aromatic rings. The number of halogens is 2. The molecule has 0 amide bonds. The highest BCUT2D eigenvalue weighted by atomic mass is 35.5. The van der Waals surface area contributed by atoms with E-state index in [1.165, 1.54) is 0 Å². The highest BCUT2D eigenvalue weighted by Crippen LogP contribution is 2.26. The van der Waals surface area contributed by atoms with E-state index in [0.29, 0.717) is 22.0 Å². The van der Waals surface area contributed by atoms with Crippen LogP contribution in [-0.4, -0.2) is 42.8 Å². The molecule has 5 heteroatoms. The summed E-state index contributed by atoms with van der Waals surface area (Å²) in [7, 11) is 2.03. The molecule has 0 saturated heterocycles. The Morgan fingerprint density at radius 2 is 2.05 bits per heavy atom. The van der Waals surface area contributed by atoms with Gasteiger partial charge in [-0.3, -0.25) is 4.79 Å². The first-order valence-corrected chi connectivity index (χ1v) is 8.36. The molecule has 0 radical (unpaired) electrons. The maximum Gasteiger partial charge on any atom is 0.165 e. The molecule has 1 rings (SSSR count). The van der Waals surface area contributed by atoms with Gasteiger partial charge in [-0.1, -0.05) is 29.3 Å². The summed E-state index contributed by atoms with van der Waals surface area (Å²) in [6, 6.07) is 5.17. The number of hydrogen-bond acceptors (Lipinski definition) is 3. The Labute approximate surface area is 129 Å². The van der Waals surface area contributed by atoms with Crippen LogP contribution in [0.4, 0.5) is 0 Å². The van der Waals surface area contributed by atoms with Gasteiger partial charge in [0.15, 0.2) is 5.78 Å². The minimum atomic E-state index is 0.0456. The summed E-state index contributed by atoms with van der Waals surface area (Å²) >= 11 is 13.8. The lowest BCUT2D eigenvalue weighted by molar-refractivity contribution is 0.0969. The van der Waals surface area contributed by atoms with Crippen molar-refractivity contribution in [2.24, 2.45) is 0 Å². The van der Waals surface area contributed by atoms with Crippen molar-refractivity contribution >= 4 is 40.7 Å². The van der Waals surface area contributed by atoms with E-state index in [4.69, 9.17) is 23.2 Å². The first-order valence-electron chi connectivity index (χ1n) is 6.21. The first-order chi connectivity index (χ1) is 9.06. The normalized spacial score (nSPS) is 11.0. The summed E-state index contributed by atoms with van der Waals surface area (Å²) in [6.45, 7) is 1.76. The van der Waals surface area contributed by atoms with Crippen LogP contribution in [0.15, 0.2) is 18.2 Å². The first kappa shape index (κ1) is 16.8. The molecule has 0 N–H and O–H groups in total. The fourth-order valence-corrected chi connectivity index (χ4v) is 2.56. The molecular formula is C14H19Cl2NOS. The van der Waals surface area contributed by atoms with E-state index in [9.17, 15) is 4.79 Å². The predicted molar refractivity (Wildman–Crippen MR) is 85.9 cm³/mol. The maximum atomic E-state index is 12.1. The average Bonchev–Trinajstić information content (AvgIpc) is 2.39. The van der Waals surface area contributed by atoms with Gasteiger partial charge in [0.05, 0.1) is 10.0 Å². The largest absolute Gasteiger partial charge is 0.306 e. The van der Waals surface area contributed by atoms with Gasteiger partial charge in [0.25, 0.3) is 0 Å². The molecule has 0 aliphatic carbocycles. The molecule has 0 fully saturated rings. The van der Waals surface area contributed by atoms with E-state index in [1.807, 2.05) is 18.8 Å². The van der Waals surface area contributed by atoms with Gasteiger partial charge in [-0.15, -0.1) is 0 Å². The Morgan fingerprint density at radius 3 is 2.74 bits per heavy atom. The van der Waals surface area contributed by atoms with Gasteiger partial charge in [-0.05, 0) is 44.2 Å². The quantitative estimate of drug-likeness (QED) is 0.527. The van der Waals surface area contributed by atoms with E-state index >= 15 is 0 Å². The number of hydrogen-bond donors (Lipinski definition) is 0. The second kappa shape index (κ2) is 8.85. The van der Waals surface area contributed by atoms with Gasteiger partial charge in [0, 0.05) is 18.5 Å². The lowest BCUT2D eigenvalue weighted by Gasteiger charge is -2.15. The van der Waals surface area contributed by atoms with Crippen molar-refractivity contribution in [3.8, 4) is 0 Å². The molecule has 0 heterocycles. The van der Waals surface area contributed by atoms with Crippen molar-refractivity contribution in [3.05, 3.63) is 33.8 Å². The fourth-order valence-electron chi connectivity index (χ4n) is 1.74. The number of carbonyl (C=O) groups is 1. The topological polar surface area (TPSA) is 20.3 Å². The molecule has 0 unspecified atom stereocenters. The molecule has 0 atom stereocenters. The van der Waals surface area contributed by atoms with Crippen molar-refractivity contribution in [2.75, 3.05) is 32.1 Å². The summed E-state index contributed by atoms with van der Waals surface area (Å²) in [6.07, 6.45) is 3.71. The Morgan fingerprint density at radius 1 is 1.32 bits per heavy atom. The average molecular weight is 320 g/mol. The molecule has 0 aromatic heterocycles. The van der Waals surface area contributed by atoms with E-state index in [2.05, 4.69) is 11.2 Å². The number of carbonyl (C=O) groups excluding carboxylic acids is 1. The predicted octanol–water partition coefficient (Wildman–Crippen LogP) is 4.25. The smallest absolute Gasteiger partial charge is 0.165 e. The van der Waals surface area contributed by atoms with Crippen LogP contribution in [0.5, 0.6) is 0 Å². The van der Waals surface area contributed by atoms with Crippen LogP contribution in [0.25, 0.3) is 0 Å². The van der Waals surface area contributed by atoms with Crippen LogP contribution in [0.3, 0.4) is 0 Å². The highest BCUT2D eigenvalue weighted by Gasteiger charge is 2.13.